The third-order valence-corrected chi connectivity index (χ3v) is 1.77. The molecular formula is C11H28N2O4. The molecule has 0 saturated carbocycles. The van der Waals surface area contributed by atoms with Gasteiger partial charge in [0.05, 0.1) is 19.6 Å². The smallest absolute Gasteiger partial charge is 0.308 e. The summed E-state index contributed by atoms with van der Waals surface area (Å²) in [6.07, 6.45) is 0.105. The van der Waals surface area contributed by atoms with Gasteiger partial charge in [-0.15, -0.1) is 0 Å². The average Bonchev–Trinajstić information content (AvgIpc) is 2.27. The SMILES string of the molecule is CCNN(CC)CC.CCOC(=O)CCO.O. The summed E-state index contributed by atoms with van der Waals surface area (Å²) in [4.78, 5) is 10.3. The van der Waals surface area contributed by atoms with E-state index in [1.54, 1.807) is 6.92 Å². The molecule has 0 aromatic rings. The second kappa shape index (κ2) is 17.7. The van der Waals surface area contributed by atoms with Crippen LogP contribution in [0.1, 0.15) is 34.1 Å². The Morgan fingerprint density at radius 3 is 2.00 bits per heavy atom. The average molecular weight is 252 g/mol. The Morgan fingerprint density at radius 1 is 1.24 bits per heavy atom. The molecule has 106 valence electrons. The summed E-state index contributed by atoms with van der Waals surface area (Å²) < 4.78 is 4.48. The summed E-state index contributed by atoms with van der Waals surface area (Å²) in [6, 6.07) is 0. The highest BCUT2D eigenvalue weighted by Gasteiger charge is 1.96. The lowest BCUT2D eigenvalue weighted by Gasteiger charge is -2.17. The normalized spacial score (nSPS) is 9.06. The van der Waals surface area contributed by atoms with Gasteiger partial charge in [-0.25, -0.2) is 5.01 Å². The fourth-order valence-corrected chi connectivity index (χ4v) is 0.995. The van der Waals surface area contributed by atoms with E-state index in [4.69, 9.17) is 5.11 Å². The fraction of sp³-hybridized carbons (Fsp3) is 0.909. The lowest BCUT2D eigenvalue weighted by Crippen LogP contribution is -2.37. The van der Waals surface area contributed by atoms with E-state index in [1.807, 2.05) is 0 Å². The van der Waals surface area contributed by atoms with E-state index in [9.17, 15) is 4.79 Å². The van der Waals surface area contributed by atoms with Crippen molar-refractivity contribution < 1.29 is 20.1 Å². The van der Waals surface area contributed by atoms with Crippen LogP contribution in [0.3, 0.4) is 0 Å². The second-order valence-corrected chi connectivity index (χ2v) is 2.96. The zero-order chi connectivity index (χ0) is 12.8. The van der Waals surface area contributed by atoms with Crippen LogP contribution in [0.15, 0.2) is 0 Å². The van der Waals surface area contributed by atoms with Gasteiger partial charge in [-0.3, -0.25) is 10.2 Å². The van der Waals surface area contributed by atoms with E-state index in [2.05, 4.69) is 35.9 Å². The minimum Gasteiger partial charge on any atom is -0.466 e. The molecule has 0 rings (SSSR count). The second-order valence-electron chi connectivity index (χ2n) is 2.96. The van der Waals surface area contributed by atoms with Crippen molar-refractivity contribution in [1.82, 2.24) is 10.4 Å². The van der Waals surface area contributed by atoms with Crippen LogP contribution >= 0.6 is 0 Å². The summed E-state index contributed by atoms with van der Waals surface area (Å²) in [5.41, 5.74) is 3.22. The maximum absolute atomic E-state index is 10.3. The zero-order valence-electron chi connectivity index (χ0n) is 11.5. The van der Waals surface area contributed by atoms with Crippen molar-refractivity contribution in [2.75, 3.05) is 32.8 Å². The number of nitrogens with one attached hydrogen (secondary N) is 1. The van der Waals surface area contributed by atoms with Crippen molar-refractivity contribution in [2.24, 2.45) is 0 Å². The summed E-state index contributed by atoms with van der Waals surface area (Å²) in [5.74, 6) is -0.338. The molecule has 0 bridgehead atoms. The third kappa shape index (κ3) is 17.9. The Kier molecular flexibility index (Phi) is 22.5. The summed E-state index contributed by atoms with van der Waals surface area (Å²) in [7, 11) is 0. The maximum atomic E-state index is 10.3. The quantitative estimate of drug-likeness (QED) is 0.490. The van der Waals surface area contributed by atoms with Gasteiger partial charge in [-0.05, 0) is 6.92 Å². The van der Waals surface area contributed by atoms with Crippen molar-refractivity contribution in [3.05, 3.63) is 0 Å². The van der Waals surface area contributed by atoms with Gasteiger partial charge in [-0.1, -0.05) is 20.8 Å². The van der Waals surface area contributed by atoms with Crippen LogP contribution in [0, 0.1) is 0 Å². The van der Waals surface area contributed by atoms with Crippen LogP contribution in [0.25, 0.3) is 0 Å². The van der Waals surface area contributed by atoms with E-state index in [0.717, 1.165) is 19.6 Å². The lowest BCUT2D eigenvalue weighted by molar-refractivity contribution is -0.143. The van der Waals surface area contributed by atoms with Crippen LogP contribution in [0.5, 0.6) is 0 Å². The van der Waals surface area contributed by atoms with Crippen LogP contribution in [0.2, 0.25) is 0 Å². The number of hydrogen-bond acceptors (Lipinski definition) is 5. The topological polar surface area (TPSA) is 93.3 Å². The number of nitrogens with zero attached hydrogens (tertiary/aromatic N) is 1. The molecule has 17 heavy (non-hydrogen) atoms. The van der Waals surface area contributed by atoms with Gasteiger partial charge in [0.15, 0.2) is 0 Å². The van der Waals surface area contributed by atoms with Crippen molar-refractivity contribution >= 4 is 5.97 Å². The molecule has 0 aliphatic rings. The molecule has 0 aromatic heterocycles. The molecule has 0 unspecified atom stereocenters. The molecule has 6 nitrogen and oxygen atoms in total. The lowest BCUT2D eigenvalue weighted by atomic mass is 10.5. The zero-order valence-corrected chi connectivity index (χ0v) is 11.5. The molecule has 6 heteroatoms. The largest absolute Gasteiger partial charge is 0.466 e. The van der Waals surface area contributed by atoms with Crippen LogP contribution in [-0.2, 0) is 9.53 Å². The molecule has 0 aliphatic heterocycles. The molecule has 0 saturated heterocycles. The van der Waals surface area contributed by atoms with Crippen LogP contribution in [0.4, 0.5) is 0 Å². The number of aliphatic hydroxyl groups is 1. The van der Waals surface area contributed by atoms with Crippen molar-refractivity contribution in [3.8, 4) is 0 Å². The Balaban J connectivity index is -0.000000218. The van der Waals surface area contributed by atoms with Gasteiger partial charge in [-0.2, -0.15) is 0 Å². The van der Waals surface area contributed by atoms with E-state index < -0.39 is 0 Å². The predicted octanol–water partition coefficient (Wildman–Crippen LogP) is -0.0401. The summed E-state index contributed by atoms with van der Waals surface area (Å²) >= 11 is 0. The molecule has 0 amide bonds. The predicted molar refractivity (Wildman–Crippen MR) is 68.5 cm³/mol. The molecule has 4 N–H and O–H groups in total. The van der Waals surface area contributed by atoms with Crippen molar-refractivity contribution in [1.29, 1.82) is 0 Å². The minimum absolute atomic E-state index is 0. The first kappa shape index (κ1) is 21.6. The molecule has 0 radical (unpaired) electrons. The van der Waals surface area contributed by atoms with Crippen LogP contribution in [-0.4, -0.2) is 54.4 Å². The van der Waals surface area contributed by atoms with Crippen molar-refractivity contribution in [2.45, 2.75) is 34.1 Å². The maximum Gasteiger partial charge on any atom is 0.308 e. The van der Waals surface area contributed by atoms with Gasteiger partial charge in [0.1, 0.15) is 0 Å². The number of carbonyl (C=O) groups excluding carboxylic acids is 1. The van der Waals surface area contributed by atoms with Gasteiger partial charge < -0.3 is 15.3 Å². The number of ether oxygens (including phenoxy) is 1. The summed E-state index contributed by atoms with van der Waals surface area (Å²) in [5, 5.41) is 10.3. The number of esters is 1. The summed E-state index contributed by atoms with van der Waals surface area (Å²) in [6.45, 7) is 11.6. The molecule has 0 aromatic carbocycles. The highest BCUT2D eigenvalue weighted by atomic mass is 16.5. The minimum atomic E-state index is -0.338. The molecule has 0 spiro atoms. The Hall–Kier alpha value is -0.690. The highest BCUT2D eigenvalue weighted by molar-refractivity contribution is 5.69. The fourth-order valence-electron chi connectivity index (χ4n) is 0.995. The molecule has 0 heterocycles. The Labute approximate surface area is 104 Å². The number of carbonyl (C=O) groups is 1. The van der Waals surface area contributed by atoms with E-state index in [1.165, 1.54) is 0 Å². The molecule has 0 atom stereocenters. The van der Waals surface area contributed by atoms with E-state index in [0.29, 0.717) is 6.61 Å². The third-order valence-electron chi connectivity index (χ3n) is 1.77. The Bertz CT molecular complexity index is 144. The highest BCUT2D eigenvalue weighted by Crippen LogP contribution is 1.82. The number of hydrogen-bond donors (Lipinski definition) is 2. The first-order valence-corrected chi connectivity index (χ1v) is 5.90. The van der Waals surface area contributed by atoms with E-state index >= 15 is 0 Å². The first-order chi connectivity index (χ1) is 7.65. The van der Waals surface area contributed by atoms with Gasteiger partial charge in [0, 0.05) is 19.6 Å². The number of aliphatic hydroxyl groups excluding tert-OH is 1. The monoisotopic (exact) mass is 252 g/mol. The molecular weight excluding hydrogens is 224 g/mol. The van der Waals surface area contributed by atoms with Gasteiger partial charge >= 0.3 is 5.97 Å². The molecule has 0 fully saturated rings. The number of rotatable bonds is 7. The number of hydrazine groups is 1. The van der Waals surface area contributed by atoms with Gasteiger partial charge in [0.25, 0.3) is 0 Å². The molecule has 0 aliphatic carbocycles. The van der Waals surface area contributed by atoms with Crippen molar-refractivity contribution in [3.63, 3.8) is 0 Å². The Morgan fingerprint density at radius 2 is 1.76 bits per heavy atom. The van der Waals surface area contributed by atoms with E-state index in [-0.39, 0.29) is 24.5 Å². The van der Waals surface area contributed by atoms with Gasteiger partial charge in [0.2, 0.25) is 0 Å². The van der Waals surface area contributed by atoms with Crippen LogP contribution < -0.4 is 5.43 Å². The standard InChI is InChI=1S/C6H16N2.C5H10O3.H2O/c1-4-7-8(5-2)6-3;1-2-8-5(7)3-4-6;/h7H,4-6H2,1-3H3;6H,2-4H2,1H3;1H2. The first-order valence-electron chi connectivity index (χ1n) is 5.90.